The van der Waals surface area contributed by atoms with Crippen molar-refractivity contribution in [2.75, 3.05) is 6.61 Å². The molecule has 0 saturated heterocycles. The minimum absolute atomic E-state index is 0.120. The van der Waals surface area contributed by atoms with Crippen LogP contribution in [-0.4, -0.2) is 23.7 Å². The summed E-state index contributed by atoms with van der Waals surface area (Å²) in [4.78, 5) is 12.2. The van der Waals surface area contributed by atoms with Gasteiger partial charge in [0.15, 0.2) is 0 Å². The second-order valence-corrected chi connectivity index (χ2v) is 4.90. The van der Waals surface area contributed by atoms with Gasteiger partial charge in [-0.3, -0.25) is 4.79 Å². The van der Waals surface area contributed by atoms with E-state index >= 15 is 0 Å². The highest BCUT2D eigenvalue weighted by Gasteiger charge is 2.13. The monoisotopic (exact) mass is 253 g/mol. The van der Waals surface area contributed by atoms with Gasteiger partial charge in [-0.15, -0.1) is 11.3 Å². The molecule has 90 valence electrons. The number of aliphatic hydroxyl groups excluding tert-OH is 1. The van der Waals surface area contributed by atoms with Crippen molar-refractivity contribution in [1.82, 2.24) is 5.32 Å². The Kier molecular flexibility index (Phi) is 3.40. The molecule has 1 amide bonds. The summed E-state index contributed by atoms with van der Waals surface area (Å²) in [7, 11) is 0. The molecule has 1 aromatic carbocycles. The van der Waals surface area contributed by atoms with Crippen molar-refractivity contribution in [3.8, 4) is 0 Å². The lowest BCUT2D eigenvalue weighted by molar-refractivity contribution is 0.0926. The van der Waals surface area contributed by atoms with Gasteiger partial charge in [-0.05, 0) is 25.1 Å². The van der Waals surface area contributed by atoms with Crippen LogP contribution in [0.1, 0.15) is 16.6 Å². The fourth-order valence-electron chi connectivity index (χ4n) is 1.48. The van der Waals surface area contributed by atoms with Gasteiger partial charge in [-0.1, -0.05) is 6.07 Å². The number of amides is 1. The summed E-state index contributed by atoms with van der Waals surface area (Å²) >= 11 is 1.24. The van der Waals surface area contributed by atoms with Crippen LogP contribution in [0.25, 0.3) is 10.1 Å². The molecule has 1 heterocycles. The van der Waals surface area contributed by atoms with Gasteiger partial charge in [-0.2, -0.15) is 0 Å². The molecule has 0 radical (unpaired) electrons. The average molecular weight is 253 g/mol. The average Bonchev–Trinajstić information content (AvgIpc) is 2.74. The molecule has 0 aliphatic rings. The number of hydrogen-bond acceptors (Lipinski definition) is 3. The van der Waals surface area contributed by atoms with Gasteiger partial charge in [0.05, 0.1) is 11.5 Å². The maximum Gasteiger partial charge on any atom is 0.261 e. The smallest absolute Gasteiger partial charge is 0.261 e. The van der Waals surface area contributed by atoms with E-state index in [1.807, 2.05) is 0 Å². The maximum atomic E-state index is 13.4. The first kappa shape index (κ1) is 12.0. The predicted molar refractivity (Wildman–Crippen MR) is 65.8 cm³/mol. The Morgan fingerprint density at radius 2 is 2.35 bits per heavy atom. The lowest BCUT2D eigenvalue weighted by Gasteiger charge is -2.08. The fourth-order valence-corrected chi connectivity index (χ4v) is 2.46. The summed E-state index contributed by atoms with van der Waals surface area (Å²) in [6, 6.07) is 5.99. The van der Waals surface area contributed by atoms with E-state index < -0.39 is 0 Å². The largest absolute Gasteiger partial charge is 0.394 e. The number of carbonyl (C=O) groups excluding carboxylic acids is 1. The minimum atomic E-state index is -0.326. The van der Waals surface area contributed by atoms with E-state index in [9.17, 15) is 9.18 Å². The van der Waals surface area contributed by atoms with E-state index in [4.69, 9.17) is 5.11 Å². The van der Waals surface area contributed by atoms with Crippen LogP contribution in [-0.2, 0) is 0 Å². The number of benzene rings is 1. The molecule has 2 rings (SSSR count). The lowest BCUT2D eigenvalue weighted by Crippen LogP contribution is -2.34. The van der Waals surface area contributed by atoms with Crippen LogP contribution in [0, 0.1) is 5.82 Å². The zero-order valence-electron chi connectivity index (χ0n) is 9.24. The fraction of sp³-hybridized carbons (Fsp3) is 0.250. The third-order valence-corrected chi connectivity index (χ3v) is 3.48. The Balaban J connectivity index is 2.30. The summed E-state index contributed by atoms with van der Waals surface area (Å²) in [5.41, 5.74) is 0. The summed E-state index contributed by atoms with van der Waals surface area (Å²) in [6.07, 6.45) is 0. The number of rotatable bonds is 3. The molecule has 0 aliphatic carbocycles. The Labute approximate surface area is 102 Å². The van der Waals surface area contributed by atoms with Crippen LogP contribution in [0.5, 0.6) is 0 Å². The molecule has 5 heteroatoms. The first-order valence-corrected chi connectivity index (χ1v) is 6.03. The number of thiophene rings is 1. The quantitative estimate of drug-likeness (QED) is 0.880. The van der Waals surface area contributed by atoms with Gasteiger partial charge in [-0.25, -0.2) is 4.39 Å². The van der Waals surface area contributed by atoms with Gasteiger partial charge in [0.1, 0.15) is 5.82 Å². The van der Waals surface area contributed by atoms with Crippen molar-refractivity contribution < 1.29 is 14.3 Å². The normalized spacial score (nSPS) is 12.6. The van der Waals surface area contributed by atoms with Crippen LogP contribution >= 0.6 is 11.3 Å². The molecular formula is C12H12FNO2S. The molecule has 0 spiro atoms. The van der Waals surface area contributed by atoms with Crippen molar-refractivity contribution in [2.45, 2.75) is 13.0 Å². The molecule has 0 saturated carbocycles. The molecule has 17 heavy (non-hydrogen) atoms. The molecule has 1 atom stereocenters. The molecule has 1 unspecified atom stereocenters. The highest BCUT2D eigenvalue weighted by atomic mass is 32.1. The van der Waals surface area contributed by atoms with E-state index in [0.717, 1.165) is 4.70 Å². The van der Waals surface area contributed by atoms with Crippen molar-refractivity contribution >= 4 is 27.3 Å². The molecule has 0 fully saturated rings. The lowest BCUT2D eigenvalue weighted by atomic mass is 10.2. The van der Waals surface area contributed by atoms with Crippen LogP contribution in [0.4, 0.5) is 4.39 Å². The highest BCUT2D eigenvalue weighted by molar-refractivity contribution is 7.20. The van der Waals surface area contributed by atoms with Crippen molar-refractivity contribution in [3.63, 3.8) is 0 Å². The van der Waals surface area contributed by atoms with Gasteiger partial charge < -0.3 is 10.4 Å². The van der Waals surface area contributed by atoms with E-state index in [-0.39, 0.29) is 24.4 Å². The number of carbonyl (C=O) groups is 1. The van der Waals surface area contributed by atoms with Crippen LogP contribution in [0.3, 0.4) is 0 Å². The number of hydrogen-bond donors (Lipinski definition) is 2. The Morgan fingerprint density at radius 1 is 1.59 bits per heavy atom. The van der Waals surface area contributed by atoms with Crippen LogP contribution < -0.4 is 5.32 Å². The number of fused-ring (bicyclic) bond motifs is 1. The van der Waals surface area contributed by atoms with Gasteiger partial charge in [0.25, 0.3) is 5.91 Å². The first-order chi connectivity index (χ1) is 8.11. The molecule has 2 aromatic rings. The van der Waals surface area contributed by atoms with Gasteiger partial charge >= 0.3 is 0 Å². The molecule has 1 aromatic heterocycles. The van der Waals surface area contributed by atoms with Gasteiger partial charge in [0.2, 0.25) is 0 Å². The number of nitrogens with one attached hydrogen (secondary N) is 1. The molecule has 0 bridgehead atoms. The maximum absolute atomic E-state index is 13.4. The first-order valence-electron chi connectivity index (χ1n) is 5.21. The van der Waals surface area contributed by atoms with Crippen molar-refractivity contribution in [1.29, 1.82) is 0 Å². The Hall–Kier alpha value is -1.46. The van der Waals surface area contributed by atoms with E-state index in [2.05, 4.69) is 5.32 Å². The van der Waals surface area contributed by atoms with Gasteiger partial charge in [0, 0.05) is 16.1 Å². The van der Waals surface area contributed by atoms with E-state index in [1.165, 1.54) is 23.5 Å². The van der Waals surface area contributed by atoms with Crippen molar-refractivity contribution in [3.05, 3.63) is 35.0 Å². The summed E-state index contributed by atoms with van der Waals surface area (Å²) < 4.78 is 14.2. The summed E-state index contributed by atoms with van der Waals surface area (Å²) in [5.74, 6) is -0.611. The third-order valence-electron chi connectivity index (χ3n) is 2.38. The summed E-state index contributed by atoms with van der Waals surface area (Å²) in [6.45, 7) is 1.58. The SMILES string of the molecule is CC(CO)NC(=O)c1cc2c(F)cccc2s1. The zero-order valence-corrected chi connectivity index (χ0v) is 10.1. The second kappa shape index (κ2) is 4.81. The molecule has 3 nitrogen and oxygen atoms in total. The van der Waals surface area contributed by atoms with Crippen LogP contribution in [0.15, 0.2) is 24.3 Å². The molecule has 0 aliphatic heterocycles. The molecular weight excluding hydrogens is 241 g/mol. The Bertz CT molecular complexity index is 552. The van der Waals surface area contributed by atoms with E-state index in [1.54, 1.807) is 19.1 Å². The summed E-state index contributed by atoms with van der Waals surface area (Å²) in [5, 5.41) is 11.9. The highest BCUT2D eigenvalue weighted by Crippen LogP contribution is 2.27. The standard InChI is InChI=1S/C12H12FNO2S/c1-7(6-15)14-12(16)11-5-8-9(13)3-2-4-10(8)17-11/h2-5,7,15H,6H2,1H3,(H,14,16). The second-order valence-electron chi connectivity index (χ2n) is 3.82. The van der Waals surface area contributed by atoms with E-state index in [0.29, 0.717) is 10.3 Å². The molecule has 2 N–H and O–H groups in total. The third kappa shape index (κ3) is 2.45. The van der Waals surface area contributed by atoms with Crippen molar-refractivity contribution in [2.24, 2.45) is 0 Å². The predicted octanol–water partition coefficient (Wildman–Crippen LogP) is 2.15. The zero-order chi connectivity index (χ0) is 12.4. The Morgan fingerprint density at radius 3 is 3.00 bits per heavy atom. The number of halogens is 1. The topological polar surface area (TPSA) is 49.3 Å². The minimum Gasteiger partial charge on any atom is -0.394 e. The number of aliphatic hydroxyl groups is 1. The van der Waals surface area contributed by atoms with Crippen LogP contribution in [0.2, 0.25) is 0 Å².